The highest BCUT2D eigenvalue weighted by atomic mass is 15.3. The minimum Gasteiger partial charge on any atom is -0.349 e. The van der Waals surface area contributed by atoms with Crippen molar-refractivity contribution < 1.29 is 0 Å². The van der Waals surface area contributed by atoms with E-state index in [2.05, 4.69) is 30.0 Å². The Morgan fingerprint density at radius 1 is 1.16 bits per heavy atom. The van der Waals surface area contributed by atoms with Crippen molar-refractivity contribution in [2.75, 3.05) is 20.1 Å². The molecule has 0 saturated carbocycles. The van der Waals surface area contributed by atoms with Crippen LogP contribution in [0.25, 0.3) is 0 Å². The van der Waals surface area contributed by atoms with Crippen LogP contribution in [-0.4, -0.2) is 45.8 Å². The van der Waals surface area contributed by atoms with Crippen LogP contribution in [0.1, 0.15) is 37.3 Å². The van der Waals surface area contributed by atoms with Gasteiger partial charge in [-0.25, -0.2) is 0 Å². The fourth-order valence-electron chi connectivity index (χ4n) is 2.92. The average molecular weight is 262 g/mol. The summed E-state index contributed by atoms with van der Waals surface area (Å²) in [6, 6.07) is 0. The highest BCUT2D eigenvalue weighted by Crippen LogP contribution is 2.14. The van der Waals surface area contributed by atoms with Gasteiger partial charge < -0.3 is 14.8 Å². The lowest BCUT2D eigenvalue weighted by atomic mass is 10.2. The lowest BCUT2D eigenvalue weighted by Gasteiger charge is -2.21. The maximum absolute atomic E-state index is 4.36. The van der Waals surface area contributed by atoms with Crippen molar-refractivity contribution in [2.24, 2.45) is 4.99 Å². The van der Waals surface area contributed by atoms with E-state index in [9.17, 15) is 0 Å². The van der Waals surface area contributed by atoms with E-state index in [1.54, 1.807) is 0 Å². The van der Waals surface area contributed by atoms with Gasteiger partial charge in [-0.1, -0.05) is 0 Å². The summed E-state index contributed by atoms with van der Waals surface area (Å²) >= 11 is 0. The molecule has 19 heavy (non-hydrogen) atoms. The quantitative estimate of drug-likeness (QED) is 0.632. The smallest absolute Gasteiger partial charge is 0.194 e. The number of aliphatic imine (C=N–C) groups is 1. The van der Waals surface area contributed by atoms with Gasteiger partial charge in [0.15, 0.2) is 11.8 Å². The van der Waals surface area contributed by atoms with Crippen molar-refractivity contribution in [3.05, 3.63) is 11.6 Å². The first-order valence-electron chi connectivity index (χ1n) is 7.25. The second kappa shape index (κ2) is 5.59. The fraction of sp³-hybridized carbons (Fsp3) is 0.769. The molecule has 1 N–H and O–H groups in total. The second-order valence-electron chi connectivity index (χ2n) is 5.24. The molecule has 0 amide bonds. The molecule has 0 atom stereocenters. The SMILES string of the molecule is CN=C(NCc1nnc2n1CCCC2)N1CCCC1. The Labute approximate surface area is 113 Å². The van der Waals surface area contributed by atoms with Gasteiger partial charge in [-0.3, -0.25) is 4.99 Å². The van der Waals surface area contributed by atoms with Crippen molar-refractivity contribution in [3.63, 3.8) is 0 Å². The first-order valence-corrected chi connectivity index (χ1v) is 7.25. The van der Waals surface area contributed by atoms with Gasteiger partial charge in [0, 0.05) is 33.1 Å². The van der Waals surface area contributed by atoms with E-state index in [1.807, 2.05) is 7.05 Å². The van der Waals surface area contributed by atoms with Gasteiger partial charge in [0.25, 0.3) is 0 Å². The van der Waals surface area contributed by atoms with E-state index >= 15 is 0 Å². The van der Waals surface area contributed by atoms with Gasteiger partial charge in [-0.05, 0) is 25.7 Å². The zero-order valence-corrected chi connectivity index (χ0v) is 11.6. The Bertz CT molecular complexity index is 458. The number of fused-ring (bicyclic) bond motifs is 1. The molecule has 1 aromatic rings. The first-order chi connectivity index (χ1) is 9.38. The van der Waals surface area contributed by atoms with Gasteiger partial charge >= 0.3 is 0 Å². The third kappa shape index (κ3) is 2.57. The molecule has 3 rings (SSSR count). The Kier molecular flexibility index (Phi) is 3.66. The lowest BCUT2D eigenvalue weighted by Crippen LogP contribution is -2.39. The summed E-state index contributed by atoms with van der Waals surface area (Å²) in [6.45, 7) is 3.99. The zero-order chi connectivity index (χ0) is 13.1. The number of aromatic nitrogens is 3. The number of nitrogens with one attached hydrogen (secondary N) is 1. The summed E-state index contributed by atoms with van der Waals surface area (Å²) in [4.78, 5) is 6.67. The lowest BCUT2D eigenvalue weighted by molar-refractivity contribution is 0.480. The predicted octanol–water partition coefficient (Wildman–Crippen LogP) is 0.786. The van der Waals surface area contributed by atoms with E-state index in [4.69, 9.17) is 0 Å². The summed E-state index contributed by atoms with van der Waals surface area (Å²) in [7, 11) is 1.85. The van der Waals surface area contributed by atoms with Crippen molar-refractivity contribution in [1.82, 2.24) is 25.0 Å². The van der Waals surface area contributed by atoms with Crippen molar-refractivity contribution >= 4 is 5.96 Å². The van der Waals surface area contributed by atoms with E-state index in [-0.39, 0.29) is 0 Å². The molecular weight excluding hydrogens is 240 g/mol. The number of aryl methyl sites for hydroxylation is 1. The van der Waals surface area contributed by atoms with E-state index in [1.165, 1.54) is 25.7 Å². The van der Waals surface area contributed by atoms with Crippen LogP contribution < -0.4 is 5.32 Å². The molecular formula is C13H22N6. The number of rotatable bonds is 2. The third-order valence-corrected chi connectivity index (χ3v) is 3.96. The van der Waals surface area contributed by atoms with Gasteiger partial charge in [0.1, 0.15) is 5.82 Å². The average Bonchev–Trinajstić information content (AvgIpc) is 3.09. The van der Waals surface area contributed by atoms with Crippen LogP contribution in [0.3, 0.4) is 0 Å². The van der Waals surface area contributed by atoms with E-state index in [0.29, 0.717) is 0 Å². The molecule has 104 valence electrons. The van der Waals surface area contributed by atoms with Gasteiger partial charge in [0.05, 0.1) is 6.54 Å². The molecule has 1 aromatic heterocycles. The summed E-state index contributed by atoms with van der Waals surface area (Å²) in [6.07, 6.45) is 6.07. The summed E-state index contributed by atoms with van der Waals surface area (Å²) in [5.41, 5.74) is 0. The monoisotopic (exact) mass is 262 g/mol. The highest BCUT2D eigenvalue weighted by Gasteiger charge is 2.18. The molecule has 1 fully saturated rings. The normalized spacial score (nSPS) is 19.6. The summed E-state index contributed by atoms with van der Waals surface area (Å²) in [5, 5.41) is 12.0. The molecule has 2 aliphatic heterocycles. The standard InChI is InChI=1S/C13H22N6/c1-14-13(18-7-4-5-8-18)15-10-12-17-16-11-6-2-3-9-19(11)12/h2-10H2,1H3,(H,14,15). The Morgan fingerprint density at radius 3 is 2.74 bits per heavy atom. The molecule has 6 nitrogen and oxygen atoms in total. The van der Waals surface area contributed by atoms with Crippen LogP contribution in [0.2, 0.25) is 0 Å². The predicted molar refractivity (Wildman–Crippen MR) is 74.0 cm³/mol. The van der Waals surface area contributed by atoms with Crippen LogP contribution in [0.15, 0.2) is 4.99 Å². The first kappa shape index (κ1) is 12.4. The Balaban J connectivity index is 1.63. The second-order valence-corrected chi connectivity index (χ2v) is 5.24. The maximum atomic E-state index is 4.36. The number of hydrogen-bond acceptors (Lipinski definition) is 3. The number of nitrogens with zero attached hydrogens (tertiary/aromatic N) is 5. The van der Waals surface area contributed by atoms with Crippen molar-refractivity contribution in [2.45, 2.75) is 45.2 Å². The minimum absolute atomic E-state index is 0.718. The zero-order valence-electron chi connectivity index (χ0n) is 11.6. The van der Waals surface area contributed by atoms with Gasteiger partial charge in [0.2, 0.25) is 0 Å². The van der Waals surface area contributed by atoms with E-state index < -0.39 is 0 Å². The van der Waals surface area contributed by atoms with Crippen LogP contribution in [0.5, 0.6) is 0 Å². The third-order valence-electron chi connectivity index (χ3n) is 3.96. The Morgan fingerprint density at radius 2 is 1.95 bits per heavy atom. The van der Waals surface area contributed by atoms with Crippen molar-refractivity contribution in [3.8, 4) is 0 Å². The minimum atomic E-state index is 0.718. The largest absolute Gasteiger partial charge is 0.349 e. The van der Waals surface area contributed by atoms with Gasteiger partial charge in [-0.15, -0.1) is 10.2 Å². The summed E-state index contributed by atoms with van der Waals surface area (Å²) in [5.74, 6) is 3.17. The number of guanidine groups is 1. The Hall–Kier alpha value is -1.59. The maximum Gasteiger partial charge on any atom is 0.194 e. The number of hydrogen-bond donors (Lipinski definition) is 1. The fourth-order valence-corrected chi connectivity index (χ4v) is 2.92. The molecule has 0 aromatic carbocycles. The topological polar surface area (TPSA) is 58.3 Å². The molecule has 3 heterocycles. The van der Waals surface area contributed by atoms with Crippen LogP contribution in [-0.2, 0) is 19.5 Å². The van der Waals surface area contributed by atoms with E-state index in [0.717, 1.165) is 50.2 Å². The summed E-state index contributed by atoms with van der Waals surface area (Å²) < 4.78 is 2.26. The van der Waals surface area contributed by atoms with Crippen LogP contribution >= 0.6 is 0 Å². The molecule has 1 saturated heterocycles. The molecule has 0 radical (unpaired) electrons. The molecule has 6 heteroatoms. The molecule has 2 aliphatic rings. The van der Waals surface area contributed by atoms with Gasteiger partial charge in [-0.2, -0.15) is 0 Å². The molecule has 0 aliphatic carbocycles. The highest BCUT2D eigenvalue weighted by molar-refractivity contribution is 5.79. The number of likely N-dealkylation sites (tertiary alicyclic amines) is 1. The van der Waals surface area contributed by atoms with Crippen molar-refractivity contribution in [1.29, 1.82) is 0 Å². The molecule has 0 spiro atoms. The van der Waals surface area contributed by atoms with Crippen LogP contribution in [0.4, 0.5) is 0 Å². The molecule has 0 unspecified atom stereocenters. The molecule has 0 bridgehead atoms. The van der Waals surface area contributed by atoms with Crippen LogP contribution in [0, 0.1) is 0 Å².